The number of benzene rings is 2. The van der Waals surface area contributed by atoms with Crippen molar-refractivity contribution in [3.8, 4) is 0 Å². The van der Waals surface area contributed by atoms with Gasteiger partial charge in [-0.15, -0.1) is 0 Å². The number of hydrogen-bond donors (Lipinski definition) is 3. The molecule has 0 aliphatic carbocycles. The lowest BCUT2D eigenvalue weighted by atomic mass is 10.1. The summed E-state index contributed by atoms with van der Waals surface area (Å²) < 4.78 is 0. The van der Waals surface area contributed by atoms with Crippen LogP contribution in [0.1, 0.15) is 26.3 Å². The summed E-state index contributed by atoms with van der Waals surface area (Å²) in [5.74, 6) is -0.569. The molecule has 4 N–H and O–H groups in total. The number of hydrogen-bond acceptors (Lipinski definition) is 4. The van der Waals surface area contributed by atoms with E-state index in [0.29, 0.717) is 29.0 Å². The van der Waals surface area contributed by atoms with E-state index in [1.807, 2.05) is 0 Å². The number of nitrogens with two attached hydrogens (primary N) is 1. The van der Waals surface area contributed by atoms with Gasteiger partial charge in [0.25, 0.3) is 11.8 Å². The van der Waals surface area contributed by atoms with E-state index in [9.17, 15) is 9.59 Å². The highest BCUT2D eigenvalue weighted by Gasteiger charge is 2.11. The third kappa shape index (κ3) is 4.62. The topological polar surface area (TPSA) is 97.1 Å². The van der Waals surface area contributed by atoms with Gasteiger partial charge >= 0.3 is 0 Å². The Morgan fingerprint density at radius 3 is 2.41 bits per heavy atom. The van der Waals surface area contributed by atoms with Gasteiger partial charge in [0.05, 0.1) is 16.9 Å². The monoisotopic (exact) mass is 380 g/mol. The van der Waals surface area contributed by atoms with Crippen molar-refractivity contribution in [3.05, 3.63) is 88.7 Å². The third-order valence-corrected chi connectivity index (χ3v) is 4.18. The van der Waals surface area contributed by atoms with Crippen molar-refractivity contribution in [1.82, 2.24) is 10.3 Å². The molecule has 2 amide bonds. The van der Waals surface area contributed by atoms with E-state index in [-0.39, 0.29) is 17.0 Å². The van der Waals surface area contributed by atoms with Crippen LogP contribution < -0.4 is 16.4 Å². The molecule has 0 bridgehead atoms. The fourth-order valence-corrected chi connectivity index (χ4v) is 2.62. The Kier molecular flexibility index (Phi) is 5.68. The normalized spacial score (nSPS) is 10.3. The van der Waals surface area contributed by atoms with E-state index in [1.165, 1.54) is 6.20 Å². The number of pyridine rings is 1. The lowest BCUT2D eigenvalue weighted by Gasteiger charge is -2.09. The number of aromatic nitrogens is 1. The lowest BCUT2D eigenvalue weighted by molar-refractivity contribution is 0.0949. The van der Waals surface area contributed by atoms with E-state index in [0.717, 1.165) is 5.56 Å². The number of carbonyl (C=O) groups excluding carboxylic acids is 2. The molecule has 0 aliphatic heterocycles. The van der Waals surface area contributed by atoms with Crippen LogP contribution in [0.4, 0.5) is 11.4 Å². The van der Waals surface area contributed by atoms with Gasteiger partial charge in [-0.1, -0.05) is 35.9 Å². The zero-order valence-electron chi connectivity index (χ0n) is 14.3. The number of carbonyl (C=O) groups is 2. The van der Waals surface area contributed by atoms with Crippen molar-refractivity contribution in [1.29, 1.82) is 0 Å². The quantitative estimate of drug-likeness (QED) is 0.466. The molecule has 1 heterocycles. The molecule has 0 saturated heterocycles. The zero-order valence-corrected chi connectivity index (χ0v) is 15.0. The van der Waals surface area contributed by atoms with Crippen LogP contribution in [0.2, 0.25) is 5.15 Å². The molecule has 0 spiro atoms. The second-order valence-corrected chi connectivity index (χ2v) is 6.12. The summed E-state index contributed by atoms with van der Waals surface area (Å²) in [6.45, 7) is 0.303. The molecule has 0 radical (unpaired) electrons. The molecule has 27 heavy (non-hydrogen) atoms. The van der Waals surface area contributed by atoms with Crippen LogP contribution in [-0.4, -0.2) is 16.8 Å². The molecule has 2 aromatic carbocycles. The number of nitrogen functional groups attached to an aromatic ring is 1. The maximum Gasteiger partial charge on any atom is 0.255 e. The molecule has 0 saturated carbocycles. The smallest absolute Gasteiger partial charge is 0.255 e. The Bertz CT molecular complexity index is 974. The van der Waals surface area contributed by atoms with Crippen LogP contribution in [0, 0.1) is 0 Å². The molecule has 0 aliphatic rings. The van der Waals surface area contributed by atoms with E-state index in [4.69, 9.17) is 17.3 Å². The lowest BCUT2D eigenvalue weighted by Crippen LogP contribution is -2.23. The Morgan fingerprint density at radius 1 is 0.963 bits per heavy atom. The van der Waals surface area contributed by atoms with E-state index >= 15 is 0 Å². The molecule has 3 rings (SSSR count). The Labute approximate surface area is 161 Å². The van der Waals surface area contributed by atoms with Gasteiger partial charge in [0.2, 0.25) is 0 Å². The average Bonchev–Trinajstić information content (AvgIpc) is 2.68. The molecular formula is C20H17ClN4O2. The number of amides is 2. The average molecular weight is 381 g/mol. The molecule has 0 fully saturated rings. The van der Waals surface area contributed by atoms with Crippen LogP contribution in [0.15, 0.2) is 66.9 Å². The van der Waals surface area contributed by atoms with Gasteiger partial charge in [-0.3, -0.25) is 9.59 Å². The van der Waals surface area contributed by atoms with E-state index in [1.54, 1.807) is 60.7 Å². The van der Waals surface area contributed by atoms with E-state index < -0.39 is 0 Å². The molecule has 136 valence electrons. The first-order chi connectivity index (χ1) is 13.0. The second kappa shape index (κ2) is 8.33. The SMILES string of the molecule is Nc1ccccc1NC(=O)c1ccc(CNC(=O)c2cccnc2Cl)cc1. The second-order valence-electron chi connectivity index (χ2n) is 5.76. The van der Waals surface area contributed by atoms with Gasteiger partial charge in [0.15, 0.2) is 0 Å². The van der Waals surface area contributed by atoms with Crippen molar-refractivity contribution < 1.29 is 9.59 Å². The molecule has 0 unspecified atom stereocenters. The Hall–Kier alpha value is -3.38. The van der Waals surface area contributed by atoms with Gasteiger partial charge in [0, 0.05) is 18.3 Å². The zero-order chi connectivity index (χ0) is 19.2. The molecule has 0 atom stereocenters. The van der Waals surface area contributed by atoms with Gasteiger partial charge in [-0.05, 0) is 42.0 Å². The number of nitrogens with zero attached hydrogens (tertiary/aromatic N) is 1. The van der Waals surface area contributed by atoms with Crippen LogP contribution >= 0.6 is 11.6 Å². The van der Waals surface area contributed by atoms with Crippen LogP contribution in [0.5, 0.6) is 0 Å². The van der Waals surface area contributed by atoms with Crippen molar-refractivity contribution in [2.45, 2.75) is 6.54 Å². The highest BCUT2D eigenvalue weighted by Crippen LogP contribution is 2.18. The fourth-order valence-electron chi connectivity index (χ4n) is 2.41. The minimum absolute atomic E-state index is 0.155. The van der Waals surface area contributed by atoms with Gasteiger partial charge < -0.3 is 16.4 Å². The first kappa shape index (κ1) is 18.4. The summed E-state index contributed by atoms with van der Waals surface area (Å²) in [7, 11) is 0. The summed E-state index contributed by atoms with van der Waals surface area (Å²) in [4.78, 5) is 28.3. The first-order valence-corrected chi connectivity index (χ1v) is 8.56. The predicted molar refractivity (Wildman–Crippen MR) is 106 cm³/mol. The Morgan fingerprint density at radius 2 is 1.70 bits per heavy atom. The maximum atomic E-state index is 12.3. The van der Waals surface area contributed by atoms with Crippen molar-refractivity contribution in [2.75, 3.05) is 11.1 Å². The minimum Gasteiger partial charge on any atom is -0.397 e. The Balaban J connectivity index is 1.60. The fraction of sp³-hybridized carbons (Fsp3) is 0.0500. The summed E-state index contributed by atoms with van der Waals surface area (Å²) in [5.41, 5.74) is 8.54. The van der Waals surface area contributed by atoms with Crippen molar-refractivity contribution in [3.63, 3.8) is 0 Å². The molecule has 3 aromatic rings. The number of para-hydroxylation sites is 2. The summed E-state index contributed by atoms with van der Waals surface area (Å²) in [6.07, 6.45) is 1.52. The van der Waals surface area contributed by atoms with Gasteiger partial charge in [-0.25, -0.2) is 4.98 Å². The van der Waals surface area contributed by atoms with E-state index in [2.05, 4.69) is 15.6 Å². The standard InChI is InChI=1S/C20H17ClN4O2/c21-18-15(4-3-11-23-18)20(27)24-12-13-7-9-14(10-8-13)19(26)25-17-6-2-1-5-16(17)22/h1-11H,12,22H2,(H,24,27)(H,25,26). The molecule has 7 heteroatoms. The highest BCUT2D eigenvalue weighted by atomic mass is 35.5. The van der Waals surface area contributed by atoms with Crippen molar-refractivity contribution >= 4 is 34.8 Å². The minimum atomic E-state index is -0.311. The van der Waals surface area contributed by atoms with Crippen molar-refractivity contribution in [2.24, 2.45) is 0 Å². The third-order valence-electron chi connectivity index (χ3n) is 3.88. The summed E-state index contributed by atoms with van der Waals surface area (Å²) in [5, 5.41) is 5.70. The largest absolute Gasteiger partial charge is 0.397 e. The van der Waals surface area contributed by atoms with Crippen LogP contribution in [0.25, 0.3) is 0 Å². The van der Waals surface area contributed by atoms with Crippen LogP contribution in [0.3, 0.4) is 0 Å². The maximum absolute atomic E-state index is 12.3. The molecular weight excluding hydrogens is 364 g/mol. The summed E-state index contributed by atoms with van der Waals surface area (Å²) >= 11 is 5.91. The van der Waals surface area contributed by atoms with Gasteiger partial charge in [0.1, 0.15) is 5.15 Å². The number of nitrogens with one attached hydrogen (secondary N) is 2. The summed E-state index contributed by atoms with van der Waals surface area (Å²) in [6, 6.07) is 17.2. The van der Waals surface area contributed by atoms with Crippen LogP contribution in [-0.2, 0) is 6.54 Å². The molecule has 6 nitrogen and oxygen atoms in total. The highest BCUT2D eigenvalue weighted by molar-refractivity contribution is 6.32. The molecule has 1 aromatic heterocycles. The number of rotatable bonds is 5. The predicted octanol–water partition coefficient (Wildman–Crippen LogP) is 3.50. The number of anilines is 2. The number of halogens is 1. The van der Waals surface area contributed by atoms with Gasteiger partial charge in [-0.2, -0.15) is 0 Å². The first-order valence-electron chi connectivity index (χ1n) is 8.18.